The predicted molar refractivity (Wildman–Crippen MR) is 65.5 cm³/mol. The van der Waals surface area contributed by atoms with Gasteiger partial charge in [-0.15, -0.1) is 0 Å². The van der Waals surface area contributed by atoms with Crippen LogP contribution in [0.15, 0.2) is 18.2 Å². The Bertz CT molecular complexity index is 384. The summed E-state index contributed by atoms with van der Waals surface area (Å²) in [6, 6.07) is 4.58. The molecule has 0 aliphatic rings. The van der Waals surface area contributed by atoms with Crippen LogP contribution < -0.4 is 11.5 Å². The number of carbonyl (C=O) groups excluding carboxylic acids is 1. The standard InChI is InChI=1S/C10H13Cl2N3O/c11-8-2-1-7(9(12)5-8)6-15(4-3-13)10(14)16/h1-2,5H,3-4,6,13H2,(H2,14,16). The number of nitrogens with two attached hydrogens (primary N) is 2. The number of amides is 2. The molecule has 0 bridgehead atoms. The van der Waals surface area contributed by atoms with E-state index in [1.165, 1.54) is 4.90 Å². The van der Waals surface area contributed by atoms with Gasteiger partial charge in [0.2, 0.25) is 0 Å². The number of halogens is 2. The third-order valence-corrected chi connectivity index (χ3v) is 2.67. The minimum absolute atomic E-state index is 0.336. The highest BCUT2D eigenvalue weighted by Crippen LogP contribution is 2.22. The molecule has 6 heteroatoms. The van der Waals surface area contributed by atoms with Crippen molar-refractivity contribution in [1.29, 1.82) is 0 Å². The van der Waals surface area contributed by atoms with Gasteiger partial charge in [-0.25, -0.2) is 4.79 Å². The summed E-state index contributed by atoms with van der Waals surface area (Å²) in [5, 5.41) is 1.06. The Morgan fingerprint density at radius 2 is 2.06 bits per heavy atom. The molecule has 2 amide bonds. The second kappa shape index (κ2) is 5.94. The number of hydrogen-bond acceptors (Lipinski definition) is 2. The van der Waals surface area contributed by atoms with E-state index in [-0.39, 0.29) is 0 Å². The first-order chi connectivity index (χ1) is 7.54. The highest BCUT2D eigenvalue weighted by molar-refractivity contribution is 6.35. The molecule has 0 heterocycles. The third-order valence-electron chi connectivity index (χ3n) is 2.09. The molecular weight excluding hydrogens is 249 g/mol. The molecule has 4 nitrogen and oxygen atoms in total. The minimum Gasteiger partial charge on any atom is -0.351 e. The van der Waals surface area contributed by atoms with E-state index >= 15 is 0 Å². The van der Waals surface area contributed by atoms with E-state index in [2.05, 4.69) is 0 Å². The van der Waals surface area contributed by atoms with Crippen molar-refractivity contribution < 1.29 is 4.79 Å². The van der Waals surface area contributed by atoms with Crippen LogP contribution in [0, 0.1) is 0 Å². The van der Waals surface area contributed by atoms with Crippen molar-refractivity contribution in [2.45, 2.75) is 6.54 Å². The molecule has 0 atom stereocenters. The normalized spacial score (nSPS) is 10.2. The van der Waals surface area contributed by atoms with Gasteiger partial charge in [0.1, 0.15) is 0 Å². The van der Waals surface area contributed by atoms with Gasteiger partial charge in [-0.2, -0.15) is 0 Å². The van der Waals surface area contributed by atoms with Gasteiger partial charge in [0.25, 0.3) is 0 Å². The molecule has 0 saturated heterocycles. The average Bonchev–Trinajstić information content (AvgIpc) is 2.20. The summed E-state index contributed by atoms with van der Waals surface area (Å²) < 4.78 is 0. The molecule has 4 N–H and O–H groups in total. The van der Waals surface area contributed by atoms with E-state index in [4.69, 9.17) is 34.7 Å². The zero-order valence-corrected chi connectivity index (χ0v) is 10.1. The maximum atomic E-state index is 11.1. The Morgan fingerprint density at radius 1 is 1.38 bits per heavy atom. The van der Waals surface area contributed by atoms with Crippen molar-refractivity contribution in [3.63, 3.8) is 0 Å². The third kappa shape index (κ3) is 3.56. The fourth-order valence-electron chi connectivity index (χ4n) is 1.28. The lowest BCUT2D eigenvalue weighted by Gasteiger charge is -2.20. The van der Waals surface area contributed by atoms with Crippen molar-refractivity contribution >= 4 is 29.2 Å². The second-order valence-corrected chi connectivity index (χ2v) is 4.13. The zero-order chi connectivity index (χ0) is 12.1. The lowest BCUT2D eigenvalue weighted by atomic mass is 10.2. The maximum absolute atomic E-state index is 11.1. The topological polar surface area (TPSA) is 72.3 Å². The van der Waals surface area contributed by atoms with E-state index in [1.54, 1.807) is 18.2 Å². The summed E-state index contributed by atoms with van der Waals surface area (Å²) in [6.45, 7) is 1.09. The van der Waals surface area contributed by atoms with Crippen LogP contribution in [-0.2, 0) is 6.54 Å². The first kappa shape index (κ1) is 13.1. The Balaban J connectivity index is 2.81. The molecule has 0 unspecified atom stereocenters. The molecule has 0 aliphatic carbocycles. The van der Waals surface area contributed by atoms with Crippen molar-refractivity contribution in [3.05, 3.63) is 33.8 Å². The van der Waals surface area contributed by atoms with Gasteiger partial charge in [0.15, 0.2) is 0 Å². The first-order valence-corrected chi connectivity index (χ1v) is 5.48. The quantitative estimate of drug-likeness (QED) is 0.868. The molecule has 0 aromatic heterocycles. The van der Waals surface area contributed by atoms with Crippen LogP contribution >= 0.6 is 23.2 Å². The predicted octanol–water partition coefficient (Wildman–Crippen LogP) is 1.83. The summed E-state index contributed by atoms with van der Waals surface area (Å²) in [5.74, 6) is 0. The van der Waals surface area contributed by atoms with Crippen LogP contribution in [0.4, 0.5) is 4.79 Å². The molecule has 1 aromatic carbocycles. The summed E-state index contributed by atoms with van der Waals surface area (Å²) in [4.78, 5) is 12.5. The number of primary amides is 1. The average molecular weight is 262 g/mol. The summed E-state index contributed by atoms with van der Waals surface area (Å²) >= 11 is 11.8. The number of benzene rings is 1. The molecular formula is C10H13Cl2N3O. The van der Waals surface area contributed by atoms with E-state index in [0.717, 1.165) is 5.56 Å². The van der Waals surface area contributed by atoms with Crippen molar-refractivity contribution in [1.82, 2.24) is 4.90 Å². The highest BCUT2D eigenvalue weighted by Gasteiger charge is 2.11. The Kier molecular flexibility index (Phi) is 4.86. The van der Waals surface area contributed by atoms with E-state index < -0.39 is 6.03 Å². The van der Waals surface area contributed by atoms with Crippen molar-refractivity contribution in [2.24, 2.45) is 11.5 Å². The van der Waals surface area contributed by atoms with Gasteiger partial charge < -0.3 is 16.4 Å². The molecule has 1 aromatic rings. The van der Waals surface area contributed by atoms with Gasteiger partial charge in [-0.3, -0.25) is 0 Å². The first-order valence-electron chi connectivity index (χ1n) is 4.73. The minimum atomic E-state index is -0.517. The van der Waals surface area contributed by atoms with E-state index in [9.17, 15) is 4.79 Å². The molecule has 0 aliphatic heterocycles. The number of hydrogen-bond donors (Lipinski definition) is 2. The lowest BCUT2D eigenvalue weighted by Crippen LogP contribution is -2.38. The van der Waals surface area contributed by atoms with Gasteiger partial charge in [0.05, 0.1) is 0 Å². The summed E-state index contributed by atoms with van der Waals surface area (Å²) in [5.41, 5.74) is 11.4. The Labute approximate surface area is 104 Å². The molecule has 0 spiro atoms. The molecule has 88 valence electrons. The number of carbonyl (C=O) groups is 1. The van der Waals surface area contributed by atoms with Crippen LogP contribution in [0.1, 0.15) is 5.56 Å². The fourth-order valence-corrected chi connectivity index (χ4v) is 1.75. The zero-order valence-electron chi connectivity index (χ0n) is 8.62. The largest absolute Gasteiger partial charge is 0.351 e. The van der Waals surface area contributed by atoms with Gasteiger partial charge in [-0.05, 0) is 17.7 Å². The Hall–Kier alpha value is -0.970. The fraction of sp³-hybridized carbons (Fsp3) is 0.300. The monoisotopic (exact) mass is 261 g/mol. The van der Waals surface area contributed by atoms with Gasteiger partial charge in [0, 0.05) is 29.7 Å². The van der Waals surface area contributed by atoms with Gasteiger partial charge >= 0.3 is 6.03 Å². The van der Waals surface area contributed by atoms with Crippen LogP contribution in [0.3, 0.4) is 0 Å². The molecule has 0 fully saturated rings. The maximum Gasteiger partial charge on any atom is 0.315 e. The molecule has 1 rings (SSSR count). The summed E-state index contributed by atoms with van der Waals surface area (Å²) in [7, 11) is 0. The summed E-state index contributed by atoms with van der Waals surface area (Å²) in [6.07, 6.45) is 0. The molecule has 16 heavy (non-hydrogen) atoms. The van der Waals surface area contributed by atoms with Crippen LogP contribution in [0.25, 0.3) is 0 Å². The van der Waals surface area contributed by atoms with Crippen LogP contribution in [-0.4, -0.2) is 24.0 Å². The van der Waals surface area contributed by atoms with Crippen LogP contribution in [0.2, 0.25) is 10.0 Å². The van der Waals surface area contributed by atoms with Crippen LogP contribution in [0.5, 0.6) is 0 Å². The Morgan fingerprint density at radius 3 is 2.56 bits per heavy atom. The molecule has 0 saturated carbocycles. The molecule has 0 radical (unpaired) electrons. The van der Waals surface area contributed by atoms with E-state index in [0.29, 0.717) is 29.7 Å². The lowest BCUT2D eigenvalue weighted by molar-refractivity contribution is 0.206. The van der Waals surface area contributed by atoms with Crippen molar-refractivity contribution in [3.8, 4) is 0 Å². The number of rotatable bonds is 4. The number of urea groups is 1. The SMILES string of the molecule is NCCN(Cc1ccc(Cl)cc1Cl)C(N)=O. The smallest absolute Gasteiger partial charge is 0.315 e. The number of nitrogens with zero attached hydrogens (tertiary/aromatic N) is 1. The van der Waals surface area contributed by atoms with E-state index in [1.807, 2.05) is 0 Å². The highest BCUT2D eigenvalue weighted by atomic mass is 35.5. The van der Waals surface area contributed by atoms with Gasteiger partial charge in [-0.1, -0.05) is 29.3 Å². The van der Waals surface area contributed by atoms with Crippen molar-refractivity contribution in [2.75, 3.05) is 13.1 Å². The second-order valence-electron chi connectivity index (χ2n) is 3.28.